The number of aromatic nitrogens is 4. The number of hydrogen-bond donors (Lipinski definition) is 2. The van der Waals surface area contributed by atoms with Gasteiger partial charge in [0.2, 0.25) is 5.95 Å². The molecule has 1 saturated heterocycles. The molecule has 2 aromatic carbocycles. The highest BCUT2D eigenvalue weighted by atomic mass is 79.9. The molecule has 0 aliphatic carbocycles. The molecule has 4 heterocycles. The van der Waals surface area contributed by atoms with E-state index in [1.807, 2.05) is 12.1 Å². The van der Waals surface area contributed by atoms with Gasteiger partial charge in [-0.15, -0.1) is 0 Å². The SMILES string of the molecule is COc1cc(N2CCOCC2)c(-c2ccsc2)cc1Nc1ncc(Br)c(Nc2ccc3nccnc3c2P(C)C)n1. The van der Waals surface area contributed by atoms with E-state index in [1.165, 1.54) is 0 Å². The maximum absolute atomic E-state index is 5.85. The zero-order chi connectivity index (χ0) is 28.3. The van der Waals surface area contributed by atoms with Crippen molar-refractivity contribution in [3.8, 4) is 16.9 Å². The third-order valence-electron chi connectivity index (χ3n) is 6.81. The molecule has 0 radical (unpaired) electrons. The average Bonchev–Trinajstić information content (AvgIpc) is 3.54. The highest BCUT2D eigenvalue weighted by Gasteiger charge is 2.21. The van der Waals surface area contributed by atoms with Crippen LogP contribution in [0.1, 0.15) is 0 Å². The lowest BCUT2D eigenvalue weighted by Crippen LogP contribution is -2.36. The van der Waals surface area contributed by atoms with E-state index in [1.54, 1.807) is 37.0 Å². The number of ether oxygens (including phenoxy) is 2. The molecule has 210 valence electrons. The maximum Gasteiger partial charge on any atom is 0.229 e. The van der Waals surface area contributed by atoms with Gasteiger partial charge in [0.05, 0.1) is 41.5 Å². The number of nitrogens with zero attached hydrogens (tertiary/aromatic N) is 5. The van der Waals surface area contributed by atoms with Crippen molar-refractivity contribution in [2.75, 3.05) is 62.3 Å². The first kappa shape index (κ1) is 27.8. The molecule has 0 unspecified atom stereocenters. The molecule has 1 aliphatic heterocycles. The lowest BCUT2D eigenvalue weighted by molar-refractivity contribution is 0.122. The van der Waals surface area contributed by atoms with Crippen LogP contribution in [-0.4, -0.2) is 66.7 Å². The molecule has 41 heavy (non-hydrogen) atoms. The van der Waals surface area contributed by atoms with E-state index in [0.29, 0.717) is 30.7 Å². The number of halogens is 1. The molecule has 0 saturated carbocycles. The van der Waals surface area contributed by atoms with Gasteiger partial charge >= 0.3 is 0 Å². The van der Waals surface area contributed by atoms with Crippen molar-refractivity contribution in [3.05, 3.63) is 64.2 Å². The van der Waals surface area contributed by atoms with Crippen molar-refractivity contribution in [1.82, 2.24) is 19.9 Å². The van der Waals surface area contributed by atoms with E-state index < -0.39 is 7.92 Å². The molecule has 0 bridgehead atoms. The number of rotatable bonds is 8. The van der Waals surface area contributed by atoms with E-state index in [4.69, 9.17) is 14.5 Å². The van der Waals surface area contributed by atoms with Crippen LogP contribution in [0.2, 0.25) is 0 Å². The molecule has 5 aromatic rings. The lowest BCUT2D eigenvalue weighted by Gasteiger charge is -2.31. The van der Waals surface area contributed by atoms with Crippen molar-refractivity contribution < 1.29 is 9.47 Å². The molecule has 0 spiro atoms. The van der Waals surface area contributed by atoms with E-state index in [-0.39, 0.29) is 0 Å². The summed E-state index contributed by atoms with van der Waals surface area (Å²) in [5.74, 6) is 1.80. The zero-order valence-electron chi connectivity index (χ0n) is 22.9. The number of benzene rings is 2. The largest absolute Gasteiger partial charge is 0.494 e. The van der Waals surface area contributed by atoms with Gasteiger partial charge in [-0.2, -0.15) is 16.3 Å². The quantitative estimate of drug-likeness (QED) is 0.180. The topological polar surface area (TPSA) is 97.3 Å². The minimum absolute atomic E-state index is 0.446. The Balaban J connectivity index is 1.36. The first-order chi connectivity index (χ1) is 20.0. The highest BCUT2D eigenvalue weighted by molar-refractivity contribution is 9.10. The molecular weight excluding hydrogens is 621 g/mol. The third-order valence-corrected chi connectivity index (χ3v) is 9.42. The molecule has 2 N–H and O–H groups in total. The van der Waals surface area contributed by atoms with Gasteiger partial charge in [0.1, 0.15) is 11.6 Å². The fourth-order valence-corrected chi connectivity index (χ4v) is 7.04. The number of thiophene rings is 1. The molecule has 1 aliphatic rings. The van der Waals surface area contributed by atoms with Crippen LogP contribution in [0.5, 0.6) is 5.75 Å². The summed E-state index contributed by atoms with van der Waals surface area (Å²) in [7, 11) is 1.21. The van der Waals surface area contributed by atoms with Gasteiger partial charge in [-0.3, -0.25) is 9.97 Å². The molecule has 0 atom stereocenters. The third kappa shape index (κ3) is 5.85. The summed E-state index contributed by atoms with van der Waals surface area (Å²) in [6, 6.07) is 10.4. The maximum atomic E-state index is 5.85. The average molecular weight is 651 g/mol. The van der Waals surface area contributed by atoms with Crippen LogP contribution in [0.25, 0.3) is 22.2 Å². The Morgan fingerprint density at radius 1 is 1.02 bits per heavy atom. The molecule has 12 heteroatoms. The molecular formula is C29H29BrN7O2PS. The molecule has 3 aromatic heterocycles. The molecule has 6 rings (SSSR count). The van der Waals surface area contributed by atoms with Crippen LogP contribution in [-0.2, 0) is 4.74 Å². The minimum Gasteiger partial charge on any atom is -0.494 e. The van der Waals surface area contributed by atoms with E-state index in [9.17, 15) is 0 Å². The number of hydrogen-bond acceptors (Lipinski definition) is 10. The lowest BCUT2D eigenvalue weighted by atomic mass is 10.0. The van der Waals surface area contributed by atoms with E-state index in [0.717, 1.165) is 62.1 Å². The van der Waals surface area contributed by atoms with Crippen LogP contribution in [0.15, 0.2) is 64.2 Å². The normalized spacial score (nSPS) is 13.5. The van der Waals surface area contributed by atoms with Gasteiger partial charge < -0.3 is 25.0 Å². The summed E-state index contributed by atoms with van der Waals surface area (Å²) in [6.07, 6.45) is 5.20. The Morgan fingerprint density at radius 3 is 2.61 bits per heavy atom. The Kier molecular flexibility index (Phi) is 8.30. The van der Waals surface area contributed by atoms with Crippen LogP contribution in [0.4, 0.5) is 28.8 Å². The monoisotopic (exact) mass is 649 g/mol. The van der Waals surface area contributed by atoms with E-state index in [2.05, 4.69) is 88.7 Å². The van der Waals surface area contributed by atoms with Gasteiger partial charge in [0.15, 0.2) is 0 Å². The van der Waals surface area contributed by atoms with Gasteiger partial charge in [0, 0.05) is 60.0 Å². The fraction of sp³-hybridized carbons (Fsp3) is 0.241. The van der Waals surface area contributed by atoms with Crippen molar-refractivity contribution in [3.63, 3.8) is 0 Å². The molecule has 1 fully saturated rings. The van der Waals surface area contributed by atoms with Gasteiger partial charge in [-0.25, -0.2) is 4.98 Å². The van der Waals surface area contributed by atoms with Gasteiger partial charge in [-0.1, -0.05) is 7.92 Å². The highest BCUT2D eigenvalue weighted by Crippen LogP contribution is 2.41. The second-order valence-electron chi connectivity index (χ2n) is 9.60. The second kappa shape index (κ2) is 12.2. The zero-order valence-corrected chi connectivity index (χ0v) is 26.2. The van der Waals surface area contributed by atoms with Crippen molar-refractivity contribution >= 4 is 80.4 Å². The summed E-state index contributed by atoms with van der Waals surface area (Å²) in [5.41, 5.74) is 6.91. The summed E-state index contributed by atoms with van der Waals surface area (Å²) >= 11 is 5.30. The number of nitrogens with one attached hydrogen (secondary N) is 2. The van der Waals surface area contributed by atoms with Crippen LogP contribution >= 0.6 is 35.2 Å². The molecule has 9 nitrogen and oxygen atoms in total. The minimum atomic E-state index is -0.474. The Morgan fingerprint density at radius 2 is 1.85 bits per heavy atom. The summed E-state index contributed by atoms with van der Waals surface area (Å²) in [6.45, 7) is 7.50. The standard InChI is InChI=1S/C29H29BrN7O2PS/c1-38-25-15-24(37-9-11-39-12-10-37)19(18-6-13-41-17-18)14-23(25)35-29-33-16-20(30)28(36-29)34-22-5-4-21-26(27(22)40(2)3)32-8-7-31-21/h4-8,13-17H,9-12H2,1-3H3,(H2,33,34,35,36). The number of fused-ring (bicyclic) bond motifs is 1. The van der Waals surface area contributed by atoms with Crippen molar-refractivity contribution in [2.45, 2.75) is 0 Å². The smallest absolute Gasteiger partial charge is 0.229 e. The predicted molar refractivity (Wildman–Crippen MR) is 174 cm³/mol. The predicted octanol–water partition coefficient (Wildman–Crippen LogP) is 6.61. The van der Waals surface area contributed by atoms with Crippen LogP contribution in [0, 0.1) is 0 Å². The Labute approximate surface area is 252 Å². The van der Waals surface area contributed by atoms with Gasteiger partial charge in [-0.05, 0) is 69.8 Å². The first-order valence-electron chi connectivity index (χ1n) is 13.1. The number of morpholine rings is 1. The van der Waals surface area contributed by atoms with Crippen molar-refractivity contribution in [2.24, 2.45) is 0 Å². The fourth-order valence-electron chi connectivity index (χ4n) is 4.89. The van der Waals surface area contributed by atoms with Crippen LogP contribution < -0.4 is 25.6 Å². The number of anilines is 5. The van der Waals surface area contributed by atoms with Gasteiger partial charge in [0.25, 0.3) is 0 Å². The van der Waals surface area contributed by atoms with E-state index >= 15 is 0 Å². The Hall–Kier alpha value is -3.37. The van der Waals surface area contributed by atoms with Crippen LogP contribution in [0.3, 0.4) is 0 Å². The first-order valence-corrected chi connectivity index (χ1v) is 17.0. The second-order valence-corrected chi connectivity index (χ2v) is 13.5. The molecule has 0 amide bonds. The summed E-state index contributed by atoms with van der Waals surface area (Å²) in [5, 5.41) is 12.3. The summed E-state index contributed by atoms with van der Waals surface area (Å²) in [4.78, 5) is 20.8. The summed E-state index contributed by atoms with van der Waals surface area (Å²) < 4.78 is 12.2. The number of methoxy groups -OCH3 is 1. The Bertz CT molecular complexity index is 1680. The van der Waals surface area contributed by atoms with Crippen molar-refractivity contribution in [1.29, 1.82) is 0 Å².